The monoisotopic (exact) mass is 538 g/mol. The van der Waals surface area contributed by atoms with Gasteiger partial charge in [0.2, 0.25) is 18.6 Å². The van der Waals surface area contributed by atoms with E-state index in [0.29, 0.717) is 35.3 Å². The van der Waals surface area contributed by atoms with Gasteiger partial charge in [0.25, 0.3) is 0 Å². The highest BCUT2D eigenvalue weighted by Crippen LogP contribution is 2.62. The second kappa shape index (κ2) is 8.74. The van der Waals surface area contributed by atoms with Crippen LogP contribution < -0.4 is 23.8 Å². The summed E-state index contributed by atoms with van der Waals surface area (Å²) >= 11 is 0. The van der Waals surface area contributed by atoms with Crippen molar-refractivity contribution in [3.05, 3.63) is 77.9 Å². The average molecular weight is 539 g/mol. The van der Waals surface area contributed by atoms with E-state index in [4.69, 9.17) is 23.8 Å². The number of hydrogen-bond acceptors (Lipinski definition) is 8. The third-order valence-electron chi connectivity index (χ3n) is 9.00. The molecular formula is C31H26N2O7. The summed E-state index contributed by atoms with van der Waals surface area (Å²) in [7, 11) is 1.61. The van der Waals surface area contributed by atoms with Crippen molar-refractivity contribution >= 4 is 23.2 Å². The van der Waals surface area contributed by atoms with Crippen molar-refractivity contribution in [1.82, 2.24) is 0 Å². The van der Waals surface area contributed by atoms with E-state index in [-0.39, 0.29) is 42.5 Å². The van der Waals surface area contributed by atoms with Crippen LogP contribution in [0.1, 0.15) is 17.5 Å². The second-order valence-corrected chi connectivity index (χ2v) is 10.9. The fraction of sp³-hybridized carbons (Fsp3) is 0.323. The molecule has 0 aromatic heterocycles. The van der Waals surface area contributed by atoms with Crippen LogP contribution in [0.15, 0.2) is 71.9 Å². The molecule has 2 bridgehead atoms. The standard InChI is InChI=1S/C31H26N2O7/c1-36-23-11-17(7-9-21(23)37-14-16-5-3-2-4-6-16)28-27-19-13-20(29(27)40-32-28)26-25(19)30(34)33(31(26)35)18-8-10-22-24(12-18)39-15-38-22/h2-12,19-20,25-27,29H,13-15H2,1H3/t19-,20+,25+,26-,27+,29+/m0/s1. The molecule has 5 aliphatic rings. The smallest absolute Gasteiger partial charge is 0.238 e. The van der Waals surface area contributed by atoms with Gasteiger partial charge in [-0.25, -0.2) is 4.90 Å². The highest BCUT2D eigenvalue weighted by atomic mass is 16.7. The number of carbonyl (C=O) groups is 2. The second-order valence-electron chi connectivity index (χ2n) is 10.9. The molecule has 9 heteroatoms. The van der Waals surface area contributed by atoms with E-state index in [9.17, 15) is 9.59 Å². The summed E-state index contributed by atoms with van der Waals surface area (Å²) in [4.78, 5) is 34.7. The van der Waals surface area contributed by atoms with Gasteiger partial charge in [-0.1, -0.05) is 35.5 Å². The van der Waals surface area contributed by atoms with E-state index in [2.05, 4.69) is 5.16 Å². The summed E-state index contributed by atoms with van der Waals surface area (Å²) in [6, 6.07) is 20.9. The minimum atomic E-state index is -0.401. The maximum atomic E-state index is 13.8. The first-order valence-corrected chi connectivity index (χ1v) is 13.5. The number of carbonyl (C=O) groups excluding carboxylic acids is 2. The van der Waals surface area contributed by atoms with Crippen LogP contribution in [0.2, 0.25) is 0 Å². The van der Waals surface area contributed by atoms with Gasteiger partial charge < -0.3 is 23.8 Å². The van der Waals surface area contributed by atoms with Crippen molar-refractivity contribution < 1.29 is 33.4 Å². The van der Waals surface area contributed by atoms with Crippen molar-refractivity contribution in [1.29, 1.82) is 0 Å². The third-order valence-corrected chi connectivity index (χ3v) is 9.00. The zero-order valence-corrected chi connectivity index (χ0v) is 21.7. The van der Waals surface area contributed by atoms with Gasteiger partial charge in [0.1, 0.15) is 12.7 Å². The maximum absolute atomic E-state index is 13.8. The molecule has 3 aliphatic heterocycles. The van der Waals surface area contributed by atoms with Gasteiger partial charge in [-0.05, 0) is 48.2 Å². The Labute approximate surface area is 230 Å². The summed E-state index contributed by atoms with van der Waals surface area (Å²) in [5.74, 6) is 1.10. The Morgan fingerprint density at radius 2 is 1.68 bits per heavy atom. The first-order chi connectivity index (χ1) is 19.6. The summed E-state index contributed by atoms with van der Waals surface area (Å²) in [6.07, 6.45) is 0.542. The van der Waals surface area contributed by atoms with Crippen molar-refractivity contribution in [2.75, 3.05) is 18.8 Å². The van der Waals surface area contributed by atoms with Gasteiger partial charge in [-0.15, -0.1) is 0 Å². The Kier molecular flexibility index (Phi) is 5.11. The molecule has 0 spiro atoms. The fourth-order valence-electron chi connectivity index (χ4n) is 7.32. The number of fused-ring (bicyclic) bond motifs is 9. The van der Waals surface area contributed by atoms with Crippen LogP contribution >= 0.6 is 0 Å². The van der Waals surface area contributed by atoms with E-state index in [1.165, 1.54) is 4.90 Å². The fourth-order valence-corrected chi connectivity index (χ4v) is 7.32. The quantitative estimate of drug-likeness (QED) is 0.435. The number of hydrogen-bond donors (Lipinski definition) is 0. The molecule has 3 fully saturated rings. The number of methoxy groups -OCH3 is 1. The lowest BCUT2D eigenvalue weighted by molar-refractivity contribution is -0.125. The van der Waals surface area contributed by atoms with E-state index in [1.807, 2.05) is 48.5 Å². The zero-order valence-electron chi connectivity index (χ0n) is 21.7. The molecule has 6 atom stereocenters. The summed E-state index contributed by atoms with van der Waals surface area (Å²) in [6.45, 7) is 0.554. The normalized spacial score (nSPS) is 28.8. The number of amides is 2. The van der Waals surface area contributed by atoms with Crippen molar-refractivity contribution in [2.45, 2.75) is 19.1 Å². The molecule has 3 heterocycles. The molecule has 3 aromatic carbocycles. The maximum Gasteiger partial charge on any atom is 0.238 e. The number of imide groups is 1. The molecule has 0 unspecified atom stereocenters. The Hall–Kier alpha value is -4.53. The van der Waals surface area contributed by atoms with Crippen molar-refractivity contribution in [2.24, 2.45) is 34.7 Å². The summed E-state index contributed by atoms with van der Waals surface area (Å²) in [5.41, 5.74) is 3.24. The first-order valence-electron chi connectivity index (χ1n) is 13.5. The lowest BCUT2D eigenvalue weighted by atomic mass is 9.71. The molecule has 3 aromatic rings. The van der Waals surface area contributed by atoms with Gasteiger partial charge in [0, 0.05) is 23.5 Å². The van der Waals surface area contributed by atoms with Gasteiger partial charge in [-0.2, -0.15) is 0 Å². The van der Waals surface area contributed by atoms with Crippen LogP contribution in [0.3, 0.4) is 0 Å². The van der Waals surface area contributed by atoms with Gasteiger partial charge >= 0.3 is 0 Å². The van der Waals surface area contributed by atoms with E-state index < -0.39 is 11.8 Å². The predicted molar refractivity (Wildman–Crippen MR) is 142 cm³/mol. The molecule has 2 amide bonds. The molecule has 1 saturated heterocycles. The molecule has 8 rings (SSSR count). The molecule has 202 valence electrons. The number of oxime groups is 1. The number of benzene rings is 3. The molecule has 2 saturated carbocycles. The van der Waals surface area contributed by atoms with Gasteiger partial charge in [0.05, 0.1) is 30.3 Å². The van der Waals surface area contributed by atoms with Crippen LogP contribution in [0.5, 0.6) is 23.0 Å². The van der Waals surface area contributed by atoms with Crippen molar-refractivity contribution in [3.8, 4) is 23.0 Å². The Bertz CT molecular complexity index is 1570. The summed E-state index contributed by atoms with van der Waals surface area (Å²) < 4.78 is 22.6. The van der Waals surface area contributed by atoms with Crippen LogP contribution in [0, 0.1) is 29.6 Å². The topological polar surface area (TPSA) is 95.9 Å². The average Bonchev–Trinajstić information content (AvgIpc) is 3.79. The van der Waals surface area contributed by atoms with Crippen LogP contribution in [0.4, 0.5) is 5.69 Å². The van der Waals surface area contributed by atoms with E-state index in [0.717, 1.165) is 23.3 Å². The third kappa shape index (κ3) is 3.30. The number of nitrogens with zero attached hydrogens (tertiary/aromatic N) is 2. The van der Waals surface area contributed by atoms with Crippen molar-refractivity contribution in [3.63, 3.8) is 0 Å². The Balaban J connectivity index is 1.05. The SMILES string of the molecule is COc1cc(C2=NO[C@@H]3[C@@H]4C[C@@H]([C@H]5C(=O)N(c6ccc7c(c6)OCO7)C(=O)[C@@H]45)[C@H]23)ccc1OCc1ccccc1. The molecule has 9 nitrogen and oxygen atoms in total. The zero-order chi connectivity index (χ0) is 27.0. The highest BCUT2D eigenvalue weighted by Gasteiger charge is 2.70. The van der Waals surface area contributed by atoms with E-state index >= 15 is 0 Å². The molecule has 0 radical (unpaired) electrons. The predicted octanol–water partition coefficient (Wildman–Crippen LogP) is 4.18. The molecular weight excluding hydrogens is 512 g/mol. The molecule has 40 heavy (non-hydrogen) atoms. The minimum absolute atomic E-state index is 0.0308. The van der Waals surface area contributed by atoms with Crippen LogP contribution in [0.25, 0.3) is 0 Å². The molecule has 0 N–H and O–H groups in total. The minimum Gasteiger partial charge on any atom is -0.493 e. The van der Waals surface area contributed by atoms with E-state index in [1.54, 1.807) is 25.3 Å². The van der Waals surface area contributed by atoms with Crippen LogP contribution in [-0.2, 0) is 21.0 Å². The Morgan fingerprint density at radius 3 is 2.50 bits per heavy atom. The van der Waals surface area contributed by atoms with Crippen LogP contribution in [-0.4, -0.2) is 37.5 Å². The first kappa shape index (κ1) is 23.4. The van der Waals surface area contributed by atoms with Gasteiger partial charge in [-0.3, -0.25) is 9.59 Å². The number of ether oxygens (including phenoxy) is 4. The lowest BCUT2D eigenvalue weighted by Crippen LogP contribution is -2.41. The number of anilines is 1. The largest absolute Gasteiger partial charge is 0.493 e. The highest BCUT2D eigenvalue weighted by molar-refractivity contribution is 6.23. The lowest BCUT2D eigenvalue weighted by Gasteiger charge is -2.29. The molecule has 2 aliphatic carbocycles. The number of rotatable bonds is 6. The van der Waals surface area contributed by atoms with Gasteiger partial charge in [0.15, 0.2) is 23.0 Å². The summed E-state index contributed by atoms with van der Waals surface area (Å²) in [5, 5.41) is 4.48. The Morgan fingerprint density at radius 1 is 0.875 bits per heavy atom.